The average Bonchev–Trinajstić information content (AvgIpc) is 2.70. The molecule has 0 atom stereocenters. The predicted octanol–water partition coefficient (Wildman–Crippen LogP) is 0.405. The number of nitrogens with zero attached hydrogens (tertiary/aromatic N) is 3. The normalized spacial score (nSPS) is 16.6. The third-order valence-electron chi connectivity index (χ3n) is 4.90. The Hall–Kier alpha value is -1.99. The molecule has 0 aliphatic carbocycles. The third kappa shape index (κ3) is 4.95. The van der Waals surface area contributed by atoms with Crippen molar-refractivity contribution in [1.82, 2.24) is 14.9 Å². The van der Waals surface area contributed by atoms with Crippen LogP contribution in [-0.4, -0.2) is 65.3 Å². The van der Waals surface area contributed by atoms with E-state index in [-0.39, 0.29) is 11.0 Å². The van der Waals surface area contributed by atoms with Gasteiger partial charge in [0.1, 0.15) is 0 Å². The van der Waals surface area contributed by atoms with E-state index >= 15 is 0 Å². The van der Waals surface area contributed by atoms with Gasteiger partial charge >= 0.3 is 177 Å². The molecule has 9 heteroatoms. The van der Waals surface area contributed by atoms with Crippen molar-refractivity contribution in [3.8, 4) is 5.75 Å². The summed E-state index contributed by atoms with van der Waals surface area (Å²) in [5.74, 6) is 0.778. The molecule has 1 aliphatic rings. The van der Waals surface area contributed by atoms with Gasteiger partial charge in [-0.05, 0) is 0 Å². The van der Waals surface area contributed by atoms with Crippen molar-refractivity contribution in [2.24, 2.45) is 5.14 Å². The molecule has 4 rings (SSSR count). The Morgan fingerprint density at radius 3 is 2.69 bits per heavy atom. The number of hydrogen-bond acceptors (Lipinski definition) is 6. The van der Waals surface area contributed by atoms with Crippen LogP contribution in [0.1, 0.15) is 12.8 Å². The molecular formula is C20H22AsN4O3S. The molecule has 1 radical (unpaired) electrons. The minimum atomic E-state index is -3.73. The van der Waals surface area contributed by atoms with Crippen LogP contribution in [-0.2, 0) is 10.0 Å². The molecule has 1 aromatic heterocycles. The second-order valence-electron chi connectivity index (χ2n) is 7.14. The van der Waals surface area contributed by atoms with E-state index < -0.39 is 25.8 Å². The van der Waals surface area contributed by atoms with E-state index in [0.717, 1.165) is 46.9 Å². The molecule has 151 valence electrons. The van der Waals surface area contributed by atoms with E-state index in [1.807, 2.05) is 24.3 Å². The molecule has 29 heavy (non-hydrogen) atoms. The van der Waals surface area contributed by atoms with E-state index in [1.54, 1.807) is 18.3 Å². The van der Waals surface area contributed by atoms with Gasteiger partial charge < -0.3 is 0 Å². The predicted molar refractivity (Wildman–Crippen MR) is 114 cm³/mol. The molecule has 2 aromatic carbocycles. The van der Waals surface area contributed by atoms with Crippen LogP contribution in [0.4, 0.5) is 0 Å². The maximum atomic E-state index is 11.6. The number of fused-ring (bicyclic) bond motifs is 1. The van der Waals surface area contributed by atoms with Crippen molar-refractivity contribution in [3.63, 3.8) is 0 Å². The summed E-state index contributed by atoms with van der Waals surface area (Å²) >= 11 is -0.584. The number of primary sulfonamides is 1. The molecule has 7 nitrogen and oxygen atoms in total. The second-order valence-corrected chi connectivity index (χ2v) is 11.1. The van der Waals surface area contributed by atoms with Crippen molar-refractivity contribution in [2.45, 2.75) is 23.8 Å². The fourth-order valence-electron chi connectivity index (χ4n) is 3.30. The zero-order valence-electron chi connectivity index (χ0n) is 16.0. The number of sulfonamides is 1. The van der Waals surface area contributed by atoms with E-state index in [4.69, 9.17) is 14.9 Å². The van der Waals surface area contributed by atoms with E-state index in [1.165, 1.54) is 6.07 Å². The van der Waals surface area contributed by atoms with Gasteiger partial charge in [0.15, 0.2) is 0 Å². The van der Waals surface area contributed by atoms with E-state index in [9.17, 15) is 8.42 Å². The molecule has 0 bridgehead atoms. The third-order valence-corrected chi connectivity index (χ3v) is 7.80. The summed E-state index contributed by atoms with van der Waals surface area (Å²) in [5.41, 5.74) is 0.800. The van der Waals surface area contributed by atoms with Crippen molar-refractivity contribution < 1.29 is 13.2 Å². The molecule has 2 heterocycles. The molecular weight excluding hydrogens is 451 g/mol. The number of likely N-dealkylation sites (tertiary alicyclic amines) is 1. The number of nitrogens with two attached hydrogens (primary N) is 1. The maximum absolute atomic E-state index is 11.6. The van der Waals surface area contributed by atoms with Crippen molar-refractivity contribution >= 4 is 45.6 Å². The molecule has 0 amide bonds. The van der Waals surface area contributed by atoms with E-state index in [2.05, 4.69) is 16.9 Å². The Labute approximate surface area is 177 Å². The summed E-state index contributed by atoms with van der Waals surface area (Å²) in [5, 5.41) is 6.17. The number of benzene rings is 2. The Balaban J connectivity index is 1.60. The SMILES string of the molecule is CN1CCC(Oc2cccc3cnc([As]c4cccc(S(N)(=O)=O)c4)nc23)CC1. The van der Waals surface area contributed by atoms with Gasteiger partial charge in [-0.2, -0.15) is 0 Å². The van der Waals surface area contributed by atoms with Gasteiger partial charge in [-0.25, -0.2) is 0 Å². The molecule has 0 saturated carbocycles. The first kappa shape index (κ1) is 20.3. The first-order chi connectivity index (χ1) is 13.9. The molecule has 1 fully saturated rings. The van der Waals surface area contributed by atoms with Crippen LogP contribution in [0, 0.1) is 0 Å². The summed E-state index contributed by atoms with van der Waals surface area (Å²) in [6.07, 6.45) is 3.99. The van der Waals surface area contributed by atoms with Crippen LogP contribution in [0.15, 0.2) is 53.6 Å². The van der Waals surface area contributed by atoms with Crippen molar-refractivity contribution in [2.75, 3.05) is 20.1 Å². The van der Waals surface area contributed by atoms with Crippen LogP contribution in [0.3, 0.4) is 0 Å². The number of aromatic nitrogens is 2. The molecule has 0 spiro atoms. The molecule has 1 saturated heterocycles. The van der Waals surface area contributed by atoms with Crippen LogP contribution in [0.5, 0.6) is 5.75 Å². The Kier molecular flexibility index (Phi) is 5.88. The van der Waals surface area contributed by atoms with Crippen molar-refractivity contribution in [1.29, 1.82) is 0 Å². The topological polar surface area (TPSA) is 98.4 Å². The fourth-order valence-corrected chi connectivity index (χ4v) is 5.85. The zero-order valence-corrected chi connectivity index (χ0v) is 18.7. The standard InChI is InChI=1S/C20H22AsN4O3S/c1-25-10-8-16(9-11-25)28-18-7-2-4-14-13-23-20(24-19(14)18)21-15-5-3-6-17(12-15)29(22,26)27/h2-7,12-13,16H,8-11H2,1H3,(H2,22,26,27). The minimum absolute atomic E-state index is 0.109. The van der Waals surface area contributed by atoms with E-state index in [0.29, 0.717) is 4.61 Å². The van der Waals surface area contributed by atoms with Crippen molar-refractivity contribution in [3.05, 3.63) is 48.7 Å². The van der Waals surface area contributed by atoms with Gasteiger partial charge in [0.05, 0.1) is 0 Å². The summed E-state index contributed by atoms with van der Waals surface area (Å²) in [4.78, 5) is 11.7. The first-order valence-corrected chi connectivity index (χ1v) is 12.8. The Morgan fingerprint density at radius 1 is 1.17 bits per heavy atom. The first-order valence-electron chi connectivity index (χ1n) is 9.34. The quantitative estimate of drug-likeness (QED) is 0.539. The summed E-state index contributed by atoms with van der Waals surface area (Å²) in [7, 11) is -1.60. The Morgan fingerprint density at radius 2 is 1.93 bits per heavy atom. The second kappa shape index (κ2) is 8.40. The summed E-state index contributed by atoms with van der Waals surface area (Å²) in [6, 6.07) is 12.6. The van der Waals surface area contributed by atoms with Gasteiger partial charge in [-0.15, -0.1) is 0 Å². The van der Waals surface area contributed by atoms with Crippen LogP contribution >= 0.6 is 0 Å². The molecule has 0 unspecified atom stereocenters. The summed E-state index contributed by atoms with van der Waals surface area (Å²) < 4.78 is 31.1. The number of hydrogen-bond donors (Lipinski definition) is 1. The van der Waals surface area contributed by atoms with Crippen LogP contribution in [0.2, 0.25) is 0 Å². The number of piperidine rings is 1. The molecule has 1 aliphatic heterocycles. The number of para-hydroxylation sites is 1. The van der Waals surface area contributed by atoms with Gasteiger partial charge in [-0.3, -0.25) is 0 Å². The monoisotopic (exact) mass is 473 g/mol. The number of rotatable bonds is 5. The van der Waals surface area contributed by atoms with Crippen LogP contribution in [0.25, 0.3) is 10.9 Å². The van der Waals surface area contributed by atoms with Gasteiger partial charge in [0.2, 0.25) is 0 Å². The van der Waals surface area contributed by atoms with Gasteiger partial charge in [0, 0.05) is 0 Å². The Bertz CT molecular complexity index is 1130. The summed E-state index contributed by atoms with van der Waals surface area (Å²) in [6.45, 7) is 2.06. The number of ether oxygens (including phenoxy) is 1. The fraction of sp³-hybridized carbons (Fsp3) is 0.300. The molecule has 2 N–H and O–H groups in total. The van der Waals surface area contributed by atoms with Gasteiger partial charge in [-0.1, -0.05) is 0 Å². The molecule has 3 aromatic rings. The average molecular weight is 473 g/mol. The zero-order chi connectivity index (χ0) is 20.4. The van der Waals surface area contributed by atoms with Crippen LogP contribution < -0.4 is 18.8 Å². The van der Waals surface area contributed by atoms with Gasteiger partial charge in [0.25, 0.3) is 0 Å².